The van der Waals surface area contributed by atoms with Gasteiger partial charge in [0.2, 0.25) is 11.8 Å². The van der Waals surface area contributed by atoms with E-state index >= 15 is 0 Å². The van der Waals surface area contributed by atoms with Crippen LogP contribution in [-0.2, 0) is 28.3 Å². The summed E-state index contributed by atoms with van der Waals surface area (Å²) in [7, 11) is 1.62. The Morgan fingerprint density at radius 3 is 2.37 bits per heavy atom. The molecule has 184 valence electrons. The molecular weight excluding hydrogens is 524 g/mol. The Bertz CT molecular complexity index is 1090. The zero-order valence-electron chi connectivity index (χ0n) is 20.1. The van der Waals surface area contributed by atoms with Crippen molar-refractivity contribution in [1.82, 2.24) is 10.2 Å². The molecule has 0 unspecified atom stereocenters. The van der Waals surface area contributed by atoms with Crippen molar-refractivity contribution >= 4 is 39.5 Å². The molecule has 0 radical (unpaired) electrons. The number of hydrogen-bond donors (Lipinski definition) is 1. The average Bonchev–Trinajstić information content (AvgIpc) is 2.88. The molecule has 3 rings (SSSR count). The molecule has 7 heteroatoms. The summed E-state index contributed by atoms with van der Waals surface area (Å²) in [6, 6.07) is 24.9. The van der Waals surface area contributed by atoms with Crippen molar-refractivity contribution in [2.24, 2.45) is 0 Å². The molecule has 2 amide bonds. The van der Waals surface area contributed by atoms with Crippen LogP contribution in [0.25, 0.3) is 0 Å². The minimum Gasteiger partial charge on any atom is -0.497 e. The lowest BCUT2D eigenvalue weighted by Crippen LogP contribution is -2.51. The molecule has 3 aromatic rings. The minimum atomic E-state index is -0.621. The fraction of sp³-hybridized carbons (Fsp3) is 0.286. The number of methoxy groups -OCH3 is 1. The molecule has 0 aliphatic carbocycles. The molecule has 5 nitrogen and oxygen atoms in total. The fourth-order valence-corrected chi connectivity index (χ4v) is 4.87. The van der Waals surface area contributed by atoms with Crippen LogP contribution in [0.4, 0.5) is 0 Å². The van der Waals surface area contributed by atoms with Crippen molar-refractivity contribution in [3.63, 3.8) is 0 Å². The van der Waals surface area contributed by atoms with Gasteiger partial charge in [0.05, 0.1) is 12.9 Å². The van der Waals surface area contributed by atoms with Gasteiger partial charge in [0.1, 0.15) is 11.8 Å². The molecule has 0 saturated carbocycles. The van der Waals surface area contributed by atoms with E-state index in [0.29, 0.717) is 19.5 Å². The summed E-state index contributed by atoms with van der Waals surface area (Å²) in [5.41, 5.74) is 3.07. The quantitative estimate of drug-likeness (QED) is 0.322. The molecule has 1 atom stereocenters. The van der Waals surface area contributed by atoms with E-state index in [9.17, 15) is 9.59 Å². The van der Waals surface area contributed by atoms with Crippen LogP contribution in [0.2, 0.25) is 0 Å². The fourth-order valence-electron chi connectivity index (χ4n) is 3.73. The smallest absolute Gasteiger partial charge is 0.243 e. The number of likely N-dealkylation sites (N-methyl/N-ethyl adjacent to an activating group) is 1. The lowest BCUT2D eigenvalue weighted by molar-refractivity contribution is -0.139. The van der Waals surface area contributed by atoms with Gasteiger partial charge in [0.15, 0.2) is 0 Å². The van der Waals surface area contributed by atoms with Crippen LogP contribution in [0.15, 0.2) is 83.3 Å². The number of nitrogens with zero attached hydrogens (tertiary/aromatic N) is 1. The standard InChI is InChI=1S/C28H31BrN2O3S/c1-3-30-28(33)26(17-21-8-5-4-6-9-21)31(18-23-10-7-11-25(16-23)34-2)27(32)20-35-19-22-12-14-24(29)15-13-22/h4-16,26H,3,17-20H2,1-2H3,(H,30,33)/t26-/m0/s1. The van der Waals surface area contributed by atoms with E-state index in [4.69, 9.17) is 4.74 Å². The van der Waals surface area contributed by atoms with Crippen molar-refractivity contribution in [3.05, 3.63) is 100 Å². The Hall–Kier alpha value is -2.77. The predicted octanol–water partition coefficient (Wildman–Crippen LogP) is 5.47. The third kappa shape index (κ3) is 8.44. The molecule has 35 heavy (non-hydrogen) atoms. The lowest BCUT2D eigenvalue weighted by atomic mass is 10.0. The number of carbonyl (C=O) groups is 2. The van der Waals surface area contributed by atoms with Crippen LogP contribution in [0, 0.1) is 0 Å². The first-order valence-electron chi connectivity index (χ1n) is 11.6. The average molecular weight is 556 g/mol. The molecule has 0 heterocycles. The molecular formula is C28H31BrN2O3S. The van der Waals surface area contributed by atoms with Gasteiger partial charge in [0.25, 0.3) is 0 Å². The van der Waals surface area contributed by atoms with E-state index in [1.807, 2.05) is 85.8 Å². The predicted molar refractivity (Wildman–Crippen MR) is 146 cm³/mol. The number of nitrogens with one attached hydrogen (secondary N) is 1. The Balaban J connectivity index is 1.83. The normalized spacial score (nSPS) is 11.5. The van der Waals surface area contributed by atoms with Gasteiger partial charge in [-0.05, 0) is 47.9 Å². The van der Waals surface area contributed by atoms with Gasteiger partial charge < -0.3 is 15.0 Å². The van der Waals surface area contributed by atoms with Gasteiger partial charge >= 0.3 is 0 Å². The first-order valence-corrected chi connectivity index (χ1v) is 13.5. The summed E-state index contributed by atoms with van der Waals surface area (Å²) in [6.45, 7) is 2.72. The van der Waals surface area contributed by atoms with Crippen LogP contribution in [0.3, 0.4) is 0 Å². The number of halogens is 1. The summed E-state index contributed by atoms with van der Waals surface area (Å²) in [5, 5.41) is 2.93. The maximum Gasteiger partial charge on any atom is 0.243 e. The minimum absolute atomic E-state index is 0.0675. The second-order valence-electron chi connectivity index (χ2n) is 8.09. The molecule has 0 aliphatic rings. The number of hydrogen-bond acceptors (Lipinski definition) is 4. The second-order valence-corrected chi connectivity index (χ2v) is 9.99. The topological polar surface area (TPSA) is 58.6 Å². The van der Waals surface area contributed by atoms with Crippen molar-refractivity contribution < 1.29 is 14.3 Å². The molecule has 1 N–H and O–H groups in total. The van der Waals surface area contributed by atoms with Crippen LogP contribution in [0.5, 0.6) is 5.75 Å². The molecule has 0 saturated heterocycles. The first kappa shape index (κ1) is 26.8. The Kier molecular flexibility index (Phi) is 10.7. The molecule has 0 bridgehead atoms. The number of carbonyl (C=O) groups excluding carboxylic acids is 2. The molecule has 3 aromatic carbocycles. The first-order chi connectivity index (χ1) is 17.0. The van der Waals surface area contributed by atoms with Crippen LogP contribution >= 0.6 is 27.7 Å². The van der Waals surface area contributed by atoms with Gasteiger partial charge in [-0.2, -0.15) is 0 Å². The van der Waals surface area contributed by atoms with Gasteiger partial charge in [-0.3, -0.25) is 9.59 Å². The van der Waals surface area contributed by atoms with Crippen LogP contribution < -0.4 is 10.1 Å². The second kappa shape index (κ2) is 14.0. The van der Waals surface area contributed by atoms with Crippen molar-refractivity contribution in [2.45, 2.75) is 31.7 Å². The SMILES string of the molecule is CCNC(=O)[C@H](Cc1ccccc1)N(Cc1cccc(OC)c1)C(=O)CSCc1ccc(Br)cc1. The maximum absolute atomic E-state index is 13.6. The summed E-state index contributed by atoms with van der Waals surface area (Å²) in [5.74, 6) is 1.51. The number of amides is 2. The van der Waals surface area contributed by atoms with Gasteiger partial charge in [-0.1, -0.05) is 70.5 Å². The maximum atomic E-state index is 13.6. The lowest BCUT2D eigenvalue weighted by Gasteiger charge is -2.31. The molecule has 0 aliphatic heterocycles. The summed E-state index contributed by atoms with van der Waals surface area (Å²) in [6.07, 6.45) is 0.444. The monoisotopic (exact) mass is 554 g/mol. The Morgan fingerprint density at radius 1 is 0.971 bits per heavy atom. The third-order valence-corrected chi connectivity index (χ3v) is 7.03. The molecule has 0 spiro atoms. The summed E-state index contributed by atoms with van der Waals surface area (Å²) < 4.78 is 6.40. The molecule has 0 fully saturated rings. The zero-order valence-corrected chi connectivity index (χ0v) is 22.5. The van der Waals surface area contributed by atoms with E-state index in [1.54, 1.807) is 23.8 Å². The third-order valence-electron chi connectivity index (χ3n) is 5.52. The highest BCUT2D eigenvalue weighted by molar-refractivity contribution is 9.10. The van der Waals surface area contributed by atoms with E-state index < -0.39 is 6.04 Å². The number of benzene rings is 3. The van der Waals surface area contributed by atoms with Gasteiger partial charge in [0, 0.05) is 29.7 Å². The van der Waals surface area contributed by atoms with E-state index in [0.717, 1.165) is 32.7 Å². The van der Waals surface area contributed by atoms with E-state index in [1.165, 1.54) is 0 Å². The van der Waals surface area contributed by atoms with E-state index in [-0.39, 0.29) is 17.6 Å². The van der Waals surface area contributed by atoms with Crippen molar-refractivity contribution in [3.8, 4) is 5.75 Å². The van der Waals surface area contributed by atoms with Crippen LogP contribution in [0.1, 0.15) is 23.6 Å². The number of thioether (sulfide) groups is 1. The Labute approximate surface area is 220 Å². The highest BCUT2D eigenvalue weighted by Crippen LogP contribution is 2.21. The largest absolute Gasteiger partial charge is 0.497 e. The highest BCUT2D eigenvalue weighted by atomic mass is 79.9. The van der Waals surface area contributed by atoms with E-state index in [2.05, 4.69) is 21.2 Å². The van der Waals surface area contributed by atoms with Gasteiger partial charge in [-0.25, -0.2) is 0 Å². The molecule has 0 aromatic heterocycles. The summed E-state index contributed by atoms with van der Waals surface area (Å²) in [4.78, 5) is 28.5. The zero-order chi connectivity index (χ0) is 25.0. The number of rotatable bonds is 12. The highest BCUT2D eigenvalue weighted by Gasteiger charge is 2.30. The van der Waals surface area contributed by atoms with Crippen molar-refractivity contribution in [1.29, 1.82) is 0 Å². The van der Waals surface area contributed by atoms with Gasteiger partial charge in [-0.15, -0.1) is 11.8 Å². The Morgan fingerprint density at radius 2 is 1.69 bits per heavy atom. The van der Waals surface area contributed by atoms with Crippen LogP contribution in [-0.4, -0.2) is 42.2 Å². The summed E-state index contributed by atoms with van der Waals surface area (Å²) >= 11 is 5.01. The number of ether oxygens (including phenoxy) is 1. The van der Waals surface area contributed by atoms with Crippen molar-refractivity contribution in [2.75, 3.05) is 19.4 Å².